The van der Waals surface area contributed by atoms with Crippen LogP contribution >= 0.6 is 0 Å². The third-order valence-electron chi connectivity index (χ3n) is 3.71. The molecule has 0 fully saturated rings. The van der Waals surface area contributed by atoms with Crippen molar-refractivity contribution in [3.8, 4) is 0 Å². The lowest BCUT2D eigenvalue weighted by atomic mass is 10.2. The van der Waals surface area contributed by atoms with Crippen molar-refractivity contribution >= 4 is 21.4 Å². The molecule has 0 aliphatic carbocycles. The van der Waals surface area contributed by atoms with Crippen LogP contribution in [0.2, 0.25) is 0 Å². The predicted octanol–water partition coefficient (Wildman–Crippen LogP) is 3.98. The van der Waals surface area contributed by atoms with Crippen LogP contribution in [0.3, 0.4) is 0 Å². The second-order valence-corrected chi connectivity index (χ2v) is 7.64. The molecule has 0 saturated heterocycles. The van der Waals surface area contributed by atoms with Gasteiger partial charge in [-0.3, -0.25) is 4.79 Å². The van der Waals surface area contributed by atoms with Crippen LogP contribution in [-0.2, 0) is 9.84 Å². The Labute approximate surface area is 146 Å². The van der Waals surface area contributed by atoms with Gasteiger partial charge in [0.25, 0.3) is 5.91 Å². The average Bonchev–Trinajstić information content (AvgIpc) is 3.08. The third kappa shape index (κ3) is 3.64. The molecule has 0 spiro atoms. The number of carbonyl (C=O) groups is 1. The number of hydrogen-bond donors (Lipinski definition) is 1. The van der Waals surface area contributed by atoms with Crippen molar-refractivity contribution < 1.29 is 17.6 Å². The maximum Gasteiger partial charge on any atom is 0.291 e. The smallest absolute Gasteiger partial charge is 0.291 e. The third-order valence-corrected chi connectivity index (χ3v) is 5.35. The van der Waals surface area contributed by atoms with Crippen LogP contribution in [0.15, 0.2) is 75.1 Å². The Morgan fingerprint density at radius 3 is 2.00 bits per heavy atom. The molecule has 0 aliphatic rings. The zero-order chi connectivity index (χ0) is 18.0. The van der Waals surface area contributed by atoms with Gasteiger partial charge in [0.2, 0.25) is 14.9 Å². The maximum atomic E-state index is 12.6. The Morgan fingerprint density at radius 2 is 1.40 bits per heavy atom. The molecule has 3 aromatic rings. The Hall–Kier alpha value is -2.86. The summed E-state index contributed by atoms with van der Waals surface area (Å²) in [5.41, 5.74) is 2.63. The molecule has 0 radical (unpaired) electrons. The Bertz CT molecular complexity index is 1000. The van der Waals surface area contributed by atoms with Gasteiger partial charge in [-0.1, -0.05) is 35.4 Å². The summed E-state index contributed by atoms with van der Waals surface area (Å²) in [6.45, 7) is 3.82. The molecule has 6 heteroatoms. The number of benzene rings is 2. The van der Waals surface area contributed by atoms with Crippen molar-refractivity contribution in [3.05, 3.63) is 77.6 Å². The first kappa shape index (κ1) is 17.0. The number of carbonyl (C=O) groups excluding carboxylic acids is 1. The van der Waals surface area contributed by atoms with Crippen LogP contribution in [-0.4, -0.2) is 14.3 Å². The molecule has 1 heterocycles. The molecule has 0 aliphatic heterocycles. The fourth-order valence-electron chi connectivity index (χ4n) is 2.25. The van der Waals surface area contributed by atoms with Crippen molar-refractivity contribution in [1.29, 1.82) is 0 Å². The van der Waals surface area contributed by atoms with Crippen molar-refractivity contribution in [1.82, 2.24) is 0 Å². The molecule has 25 heavy (non-hydrogen) atoms. The summed E-state index contributed by atoms with van der Waals surface area (Å²) in [5, 5.41) is 2.41. The number of rotatable bonds is 4. The number of nitrogens with one attached hydrogen (secondary N) is 1. The molecule has 5 nitrogen and oxygen atoms in total. The predicted molar refractivity (Wildman–Crippen MR) is 94.5 cm³/mol. The van der Waals surface area contributed by atoms with Gasteiger partial charge in [0.15, 0.2) is 5.76 Å². The van der Waals surface area contributed by atoms with Crippen molar-refractivity contribution in [2.45, 2.75) is 23.8 Å². The Kier molecular flexibility index (Phi) is 4.46. The van der Waals surface area contributed by atoms with E-state index in [2.05, 4.69) is 5.32 Å². The number of sulfone groups is 1. The van der Waals surface area contributed by atoms with Crippen molar-refractivity contribution in [2.75, 3.05) is 5.32 Å². The van der Waals surface area contributed by atoms with Gasteiger partial charge >= 0.3 is 0 Å². The fraction of sp³-hybridized carbons (Fsp3) is 0.105. The van der Waals surface area contributed by atoms with Crippen LogP contribution in [0.4, 0.5) is 5.69 Å². The largest absolute Gasteiger partial charge is 0.439 e. The molecule has 0 saturated carbocycles. The van der Waals surface area contributed by atoms with E-state index in [1.54, 1.807) is 24.3 Å². The van der Waals surface area contributed by atoms with E-state index in [1.807, 2.05) is 26.0 Å². The van der Waals surface area contributed by atoms with Crippen LogP contribution < -0.4 is 5.32 Å². The zero-order valence-electron chi connectivity index (χ0n) is 13.8. The highest BCUT2D eigenvalue weighted by molar-refractivity contribution is 7.91. The number of hydrogen-bond acceptors (Lipinski definition) is 4. The minimum atomic E-state index is -3.79. The van der Waals surface area contributed by atoms with E-state index in [4.69, 9.17) is 4.42 Å². The van der Waals surface area contributed by atoms with E-state index in [9.17, 15) is 13.2 Å². The molecule has 0 unspecified atom stereocenters. The molecule has 128 valence electrons. The quantitative estimate of drug-likeness (QED) is 0.768. The van der Waals surface area contributed by atoms with E-state index in [1.165, 1.54) is 24.3 Å². The number of anilines is 1. The second-order valence-electron chi connectivity index (χ2n) is 5.76. The van der Waals surface area contributed by atoms with Crippen LogP contribution in [0.1, 0.15) is 21.7 Å². The molecule has 0 atom stereocenters. The number of furan rings is 1. The standard InChI is InChI=1S/C19H17NO4S/c1-13-3-7-15(8-4-13)20-19(21)17-11-12-18(24-17)25(22,23)16-9-5-14(2)6-10-16/h3-12H,1-2H3,(H,20,21). The molecule has 1 amide bonds. The summed E-state index contributed by atoms with van der Waals surface area (Å²) in [5.74, 6) is -0.569. The number of amides is 1. The monoisotopic (exact) mass is 355 g/mol. The zero-order valence-corrected chi connectivity index (χ0v) is 14.6. The maximum absolute atomic E-state index is 12.6. The first-order valence-corrected chi connectivity index (χ1v) is 9.14. The SMILES string of the molecule is Cc1ccc(NC(=O)c2ccc(S(=O)(=O)c3ccc(C)cc3)o2)cc1. The van der Waals surface area contributed by atoms with Gasteiger partial charge < -0.3 is 9.73 Å². The van der Waals surface area contributed by atoms with Gasteiger partial charge in [-0.05, 0) is 50.2 Å². The molecular formula is C19H17NO4S. The lowest BCUT2D eigenvalue weighted by molar-refractivity contribution is 0.0991. The summed E-state index contributed by atoms with van der Waals surface area (Å²) in [6, 6.07) is 16.3. The van der Waals surface area contributed by atoms with E-state index >= 15 is 0 Å². The van der Waals surface area contributed by atoms with Gasteiger partial charge in [0.05, 0.1) is 4.90 Å². The van der Waals surface area contributed by atoms with E-state index in [-0.39, 0.29) is 15.7 Å². The van der Waals surface area contributed by atoms with Gasteiger partial charge in [-0.15, -0.1) is 0 Å². The van der Waals surface area contributed by atoms with E-state index in [0.717, 1.165) is 11.1 Å². The number of aryl methyl sites for hydroxylation is 2. The Morgan fingerprint density at radius 1 is 0.840 bits per heavy atom. The van der Waals surface area contributed by atoms with Gasteiger partial charge in [0.1, 0.15) is 0 Å². The van der Waals surface area contributed by atoms with Crippen molar-refractivity contribution in [2.24, 2.45) is 0 Å². The summed E-state index contributed by atoms with van der Waals surface area (Å²) in [6.07, 6.45) is 0. The minimum absolute atomic E-state index is 0.0636. The van der Waals surface area contributed by atoms with E-state index in [0.29, 0.717) is 5.69 Å². The van der Waals surface area contributed by atoms with Crippen LogP contribution in [0.5, 0.6) is 0 Å². The molecule has 1 aromatic heterocycles. The highest BCUT2D eigenvalue weighted by Crippen LogP contribution is 2.23. The highest BCUT2D eigenvalue weighted by Gasteiger charge is 2.23. The second kappa shape index (κ2) is 6.57. The summed E-state index contributed by atoms with van der Waals surface area (Å²) in [7, 11) is -3.79. The summed E-state index contributed by atoms with van der Waals surface area (Å²) in [4.78, 5) is 12.3. The van der Waals surface area contributed by atoms with Crippen LogP contribution in [0.25, 0.3) is 0 Å². The minimum Gasteiger partial charge on any atom is -0.439 e. The van der Waals surface area contributed by atoms with Gasteiger partial charge in [0, 0.05) is 5.69 Å². The molecule has 3 rings (SSSR count). The lowest BCUT2D eigenvalue weighted by Crippen LogP contribution is -2.10. The van der Waals surface area contributed by atoms with Gasteiger partial charge in [-0.2, -0.15) is 0 Å². The fourth-order valence-corrected chi connectivity index (χ4v) is 3.42. The molecule has 2 aromatic carbocycles. The first-order chi connectivity index (χ1) is 11.9. The summed E-state index contributed by atoms with van der Waals surface area (Å²) < 4.78 is 30.4. The van der Waals surface area contributed by atoms with Gasteiger partial charge in [-0.25, -0.2) is 8.42 Å². The molecule has 1 N–H and O–H groups in total. The summed E-state index contributed by atoms with van der Waals surface area (Å²) >= 11 is 0. The highest BCUT2D eigenvalue weighted by atomic mass is 32.2. The topological polar surface area (TPSA) is 76.4 Å². The van der Waals surface area contributed by atoms with Crippen molar-refractivity contribution in [3.63, 3.8) is 0 Å². The first-order valence-electron chi connectivity index (χ1n) is 7.66. The average molecular weight is 355 g/mol. The van der Waals surface area contributed by atoms with E-state index < -0.39 is 15.7 Å². The molecule has 0 bridgehead atoms. The Balaban J connectivity index is 1.82. The lowest BCUT2D eigenvalue weighted by Gasteiger charge is -2.04. The van der Waals surface area contributed by atoms with Crippen LogP contribution in [0, 0.1) is 13.8 Å². The normalized spacial score (nSPS) is 11.3. The molecular weight excluding hydrogens is 338 g/mol.